The Hall–Kier alpha value is -1.62. The molecule has 1 aromatic rings. The van der Waals surface area contributed by atoms with Gasteiger partial charge >= 0.3 is 0 Å². The van der Waals surface area contributed by atoms with Crippen molar-refractivity contribution in [3.05, 3.63) is 28.5 Å². The zero-order valence-electron chi connectivity index (χ0n) is 12.3. The number of carbonyl (C=O) groups is 2. The fourth-order valence-corrected chi connectivity index (χ4v) is 1.90. The Morgan fingerprint density at radius 1 is 1.25 bits per heavy atom. The molecule has 5 nitrogen and oxygen atoms in total. The molecule has 0 spiro atoms. The topological polar surface area (TPSA) is 53.5 Å². The first-order valence-electron chi connectivity index (χ1n) is 6.54. The zero-order chi connectivity index (χ0) is 15.3. The maximum Gasteiger partial charge on any atom is 0.254 e. The molecule has 20 heavy (non-hydrogen) atoms. The van der Waals surface area contributed by atoms with Crippen LogP contribution in [-0.2, 0) is 11.2 Å². The van der Waals surface area contributed by atoms with E-state index >= 15 is 0 Å². The normalized spacial score (nSPS) is 10.2. The third-order valence-electron chi connectivity index (χ3n) is 2.95. The van der Waals surface area contributed by atoms with Crippen molar-refractivity contribution in [2.24, 2.45) is 0 Å². The number of aromatic nitrogens is 1. The fourth-order valence-electron chi connectivity index (χ4n) is 1.67. The van der Waals surface area contributed by atoms with Crippen LogP contribution < -0.4 is 0 Å². The highest BCUT2D eigenvalue weighted by Crippen LogP contribution is 2.13. The molecule has 0 atom stereocenters. The Morgan fingerprint density at radius 3 is 2.40 bits per heavy atom. The standard InChI is InChI=1S/C14H20ClN3O2/c1-5-11-7-10(8-12(15)16-11)14(20)18(6-2)9-13(19)17(3)4/h7-8H,5-6,9H2,1-4H3. The number of nitrogens with zero attached hydrogens (tertiary/aromatic N) is 3. The van der Waals surface area contributed by atoms with E-state index in [9.17, 15) is 9.59 Å². The molecule has 0 saturated carbocycles. The molecule has 0 N–H and O–H groups in total. The van der Waals surface area contributed by atoms with Gasteiger partial charge in [0.2, 0.25) is 5.91 Å². The molecule has 0 bridgehead atoms. The fraction of sp³-hybridized carbons (Fsp3) is 0.500. The van der Waals surface area contributed by atoms with E-state index in [1.165, 1.54) is 15.9 Å². The van der Waals surface area contributed by atoms with Gasteiger partial charge in [-0.05, 0) is 25.5 Å². The molecule has 0 aliphatic heterocycles. The van der Waals surface area contributed by atoms with Gasteiger partial charge < -0.3 is 9.80 Å². The van der Waals surface area contributed by atoms with Crippen molar-refractivity contribution in [1.82, 2.24) is 14.8 Å². The first kappa shape index (κ1) is 16.4. The highest BCUT2D eigenvalue weighted by Gasteiger charge is 2.19. The van der Waals surface area contributed by atoms with Crippen LogP contribution in [0.4, 0.5) is 0 Å². The summed E-state index contributed by atoms with van der Waals surface area (Å²) in [6, 6.07) is 3.25. The van der Waals surface area contributed by atoms with Crippen molar-refractivity contribution in [2.45, 2.75) is 20.3 Å². The van der Waals surface area contributed by atoms with Gasteiger partial charge in [0.15, 0.2) is 0 Å². The third-order valence-corrected chi connectivity index (χ3v) is 3.14. The van der Waals surface area contributed by atoms with Gasteiger partial charge in [0.1, 0.15) is 5.15 Å². The first-order chi connectivity index (χ1) is 9.38. The lowest BCUT2D eigenvalue weighted by Gasteiger charge is -2.22. The van der Waals surface area contributed by atoms with Crippen LogP contribution in [0.1, 0.15) is 29.9 Å². The molecular formula is C14H20ClN3O2. The number of pyridine rings is 1. The van der Waals surface area contributed by atoms with Gasteiger partial charge in [0, 0.05) is 31.9 Å². The van der Waals surface area contributed by atoms with Gasteiger partial charge in [-0.25, -0.2) is 4.98 Å². The minimum Gasteiger partial charge on any atom is -0.347 e. The Balaban J connectivity index is 2.96. The van der Waals surface area contributed by atoms with E-state index in [1.807, 2.05) is 13.8 Å². The van der Waals surface area contributed by atoms with Crippen LogP contribution in [0, 0.1) is 0 Å². The zero-order valence-corrected chi connectivity index (χ0v) is 13.1. The summed E-state index contributed by atoms with van der Waals surface area (Å²) in [6.45, 7) is 4.30. The Kier molecular flexibility index (Phi) is 5.95. The molecular weight excluding hydrogens is 278 g/mol. The average Bonchev–Trinajstić information content (AvgIpc) is 2.42. The highest BCUT2D eigenvalue weighted by atomic mass is 35.5. The minimum atomic E-state index is -0.207. The monoisotopic (exact) mass is 297 g/mol. The summed E-state index contributed by atoms with van der Waals surface area (Å²) in [5.41, 5.74) is 1.23. The SMILES string of the molecule is CCc1cc(C(=O)N(CC)CC(=O)N(C)C)cc(Cl)n1. The Bertz CT molecular complexity index is 503. The summed E-state index contributed by atoms with van der Waals surface area (Å²) in [4.78, 5) is 31.2. The molecule has 1 rings (SSSR count). The van der Waals surface area contributed by atoms with E-state index < -0.39 is 0 Å². The average molecular weight is 298 g/mol. The van der Waals surface area contributed by atoms with E-state index in [2.05, 4.69) is 4.98 Å². The van der Waals surface area contributed by atoms with Crippen molar-refractivity contribution >= 4 is 23.4 Å². The summed E-state index contributed by atoms with van der Waals surface area (Å²) >= 11 is 5.92. The molecule has 0 unspecified atom stereocenters. The van der Waals surface area contributed by atoms with Crippen LogP contribution in [0.15, 0.2) is 12.1 Å². The van der Waals surface area contributed by atoms with Gasteiger partial charge in [-0.1, -0.05) is 18.5 Å². The van der Waals surface area contributed by atoms with E-state index in [0.29, 0.717) is 23.7 Å². The highest BCUT2D eigenvalue weighted by molar-refractivity contribution is 6.29. The van der Waals surface area contributed by atoms with E-state index in [4.69, 9.17) is 11.6 Å². The van der Waals surface area contributed by atoms with E-state index in [0.717, 1.165) is 5.69 Å². The molecule has 0 aromatic carbocycles. The lowest BCUT2D eigenvalue weighted by Crippen LogP contribution is -2.40. The van der Waals surface area contributed by atoms with Crippen LogP contribution in [0.5, 0.6) is 0 Å². The van der Waals surface area contributed by atoms with Gasteiger partial charge in [0.25, 0.3) is 5.91 Å². The second kappa shape index (κ2) is 7.24. The Labute approximate surface area is 124 Å². The number of likely N-dealkylation sites (N-methyl/N-ethyl adjacent to an activating group) is 2. The van der Waals surface area contributed by atoms with Crippen molar-refractivity contribution in [3.63, 3.8) is 0 Å². The summed E-state index contributed by atoms with van der Waals surface area (Å²) in [5.74, 6) is -0.322. The van der Waals surface area contributed by atoms with Crippen LogP contribution in [0.3, 0.4) is 0 Å². The largest absolute Gasteiger partial charge is 0.347 e. The molecule has 0 aliphatic rings. The summed E-state index contributed by atoms with van der Waals surface area (Å²) in [6.07, 6.45) is 0.698. The van der Waals surface area contributed by atoms with Crippen LogP contribution in [0.2, 0.25) is 5.15 Å². The maximum atomic E-state index is 12.4. The molecule has 110 valence electrons. The van der Waals surface area contributed by atoms with Crippen molar-refractivity contribution in [1.29, 1.82) is 0 Å². The molecule has 1 aromatic heterocycles. The van der Waals surface area contributed by atoms with Crippen LogP contribution in [-0.4, -0.2) is 53.8 Å². The molecule has 0 radical (unpaired) electrons. The number of hydrogen-bond donors (Lipinski definition) is 0. The summed E-state index contributed by atoms with van der Waals surface area (Å²) in [7, 11) is 3.33. The van der Waals surface area contributed by atoms with Gasteiger partial charge in [-0.3, -0.25) is 9.59 Å². The lowest BCUT2D eigenvalue weighted by atomic mass is 10.1. The number of rotatable bonds is 5. The molecule has 0 aliphatic carbocycles. The summed E-state index contributed by atoms with van der Waals surface area (Å²) < 4.78 is 0. The smallest absolute Gasteiger partial charge is 0.254 e. The number of amides is 2. The molecule has 0 saturated heterocycles. The number of halogens is 1. The van der Waals surface area contributed by atoms with Crippen LogP contribution >= 0.6 is 11.6 Å². The van der Waals surface area contributed by atoms with Gasteiger partial charge in [0.05, 0.1) is 6.54 Å². The molecule has 0 fully saturated rings. The molecule has 1 heterocycles. The second-order valence-corrected chi connectivity index (χ2v) is 5.02. The number of hydrogen-bond acceptors (Lipinski definition) is 3. The summed E-state index contributed by atoms with van der Waals surface area (Å²) in [5, 5.41) is 0.294. The number of aryl methyl sites for hydroxylation is 1. The van der Waals surface area contributed by atoms with E-state index in [-0.39, 0.29) is 18.4 Å². The van der Waals surface area contributed by atoms with Crippen molar-refractivity contribution < 1.29 is 9.59 Å². The van der Waals surface area contributed by atoms with Crippen molar-refractivity contribution in [2.75, 3.05) is 27.2 Å². The quantitative estimate of drug-likeness (QED) is 0.779. The first-order valence-corrected chi connectivity index (χ1v) is 6.92. The molecule has 2 amide bonds. The second-order valence-electron chi connectivity index (χ2n) is 4.63. The van der Waals surface area contributed by atoms with Gasteiger partial charge in [-0.2, -0.15) is 0 Å². The number of carbonyl (C=O) groups excluding carboxylic acids is 2. The third kappa shape index (κ3) is 4.20. The maximum absolute atomic E-state index is 12.4. The Morgan fingerprint density at radius 2 is 1.90 bits per heavy atom. The predicted octanol–water partition coefficient (Wildman–Crippen LogP) is 1.85. The van der Waals surface area contributed by atoms with Crippen molar-refractivity contribution in [3.8, 4) is 0 Å². The van der Waals surface area contributed by atoms with E-state index in [1.54, 1.807) is 20.2 Å². The van der Waals surface area contributed by atoms with Crippen LogP contribution in [0.25, 0.3) is 0 Å². The predicted molar refractivity (Wildman–Crippen MR) is 78.9 cm³/mol. The minimum absolute atomic E-state index is 0.0593. The van der Waals surface area contributed by atoms with Gasteiger partial charge in [-0.15, -0.1) is 0 Å². The molecule has 6 heteroatoms. The lowest BCUT2D eigenvalue weighted by molar-refractivity contribution is -0.129.